The number of carbonyl (C=O) groups excluding carboxylic acids is 5. The molecule has 252 valence electrons. The highest BCUT2D eigenvalue weighted by molar-refractivity contribution is 6.33. The predicted molar refractivity (Wildman–Crippen MR) is 179 cm³/mol. The molecule has 0 bridgehead atoms. The maximum Gasteiger partial charge on any atom is 0.235 e. The molecule has 4 aliphatic rings. The maximum atomic E-state index is 14.7. The van der Waals surface area contributed by atoms with Crippen molar-refractivity contribution >= 4 is 39.8 Å². The van der Waals surface area contributed by atoms with E-state index in [0.29, 0.717) is 11.1 Å². The van der Waals surface area contributed by atoms with Gasteiger partial charge in [0.1, 0.15) is 11.7 Å². The van der Waals surface area contributed by atoms with E-state index in [1.165, 1.54) is 25.1 Å². The van der Waals surface area contributed by atoms with Crippen LogP contribution in [0.3, 0.4) is 0 Å². The number of phenols is 1. The lowest BCUT2D eigenvalue weighted by atomic mass is 9.42. The predicted octanol–water partition coefficient (Wildman–Crippen LogP) is 1.22. The molecule has 6 atom stereocenters. The Hall–Kier alpha value is -4.80. The second kappa shape index (κ2) is 11.1. The number of benzene rings is 3. The summed E-state index contributed by atoms with van der Waals surface area (Å²) in [7, 11) is 2.95. The zero-order valence-corrected chi connectivity index (χ0v) is 27.4. The van der Waals surface area contributed by atoms with Gasteiger partial charge < -0.3 is 22.3 Å². The molecular weight excluding hydrogens is 624 g/mol. The smallest absolute Gasteiger partial charge is 0.235 e. The molecule has 1 heterocycles. The summed E-state index contributed by atoms with van der Waals surface area (Å²) in [5, 5.41) is 23.7. The highest BCUT2D eigenvalue weighted by atomic mass is 16.3. The van der Waals surface area contributed by atoms with Crippen molar-refractivity contribution in [3.63, 3.8) is 0 Å². The maximum absolute atomic E-state index is 14.7. The van der Waals surface area contributed by atoms with Crippen LogP contribution in [0.15, 0.2) is 48.5 Å². The molecule has 3 aromatic carbocycles. The van der Waals surface area contributed by atoms with Crippen LogP contribution in [0.2, 0.25) is 0 Å². The molecule has 3 fully saturated rings. The summed E-state index contributed by atoms with van der Waals surface area (Å²) in [6.07, 6.45) is 1.72. The first-order chi connectivity index (χ1) is 23.2. The highest BCUT2D eigenvalue weighted by Crippen LogP contribution is 2.57. The van der Waals surface area contributed by atoms with Crippen molar-refractivity contribution in [1.82, 2.24) is 9.80 Å². The number of rotatable bonds is 5. The lowest BCUT2D eigenvalue weighted by molar-refractivity contribution is -0.166. The molecule has 1 saturated heterocycles. The molecular formula is C37H38N6O6. The van der Waals surface area contributed by atoms with Gasteiger partial charge in [0, 0.05) is 12.1 Å². The molecule has 7 rings (SSSR count). The first kappa shape index (κ1) is 32.7. The number of primary amides is 1. The van der Waals surface area contributed by atoms with Gasteiger partial charge in [0.2, 0.25) is 5.91 Å². The topological polar surface area (TPSA) is 214 Å². The van der Waals surface area contributed by atoms with Crippen LogP contribution in [0, 0.1) is 28.6 Å². The number of likely N-dealkylation sites (tertiary alicyclic amines) is 1. The second-order valence-electron chi connectivity index (χ2n) is 14.4. The van der Waals surface area contributed by atoms with E-state index in [1.807, 2.05) is 24.3 Å². The van der Waals surface area contributed by atoms with Gasteiger partial charge in [0.15, 0.2) is 34.5 Å². The number of likely N-dealkylation sites (N-methyl/N-ethyl adjacent to an activating group) is 1. The number of phenolic OH excluding ortho intramolecular Hbond substituents is 1. The summed E-state index contributed by atoms with van der Waals surface area (Å²) < 4.78 is 0. The SMILES string of the molecule is CN(C)[C@@H]1C(=O)C(C(N)=O)C(=O)[C@@]2(C#N)C(=O)C3C(=O)c4c(O)ccc(-c5ccc(CN6CCCC6)c6ccccc56)c4C[C@@]3(N)C[C@@]12N. The highest BCUT2D eigenvalue weighted by Gasteiger charge is 2.78. The van der Waals surface area contributed by atoms with E-state index in [4.69, 9.17) is 17.2 Å². The molecule has 49 heavy (non-hydrogen) atoms. The average molecular weight is 663 g/mol. The lowest BCUT2D eigenvalue weighted by Crippen LogP contribution is -2.85. The summed E-state index contributed by atoms with van der Waals surface area (Å²) in [5.41, 5.74) is 15.6. The van der Waals surface area contributed by atoms with Gasteiger partial charge in [-0.15, -0.1) is 0 Å². The van der Waals surface area contributed by atoms with Crippen LogP contribution in [0.5, 0.6) is 5.75 Å². The Kier molecular flexibility index (Phi) is 7.42. The number of fused-ring (bicyclic) bond motifs is 4. The number of Topliss-reactive ketones (excluding diaryl/α,β-unsaturated/α-hetero) is 4. The molecule has 3 aliphatic carbocycles. The Bertz CT molecular complexity index is 2050. The summed E-state index contributed by atoms with van der Waals surface area (Å²) in [4.78, 5) is 73.1. The van der Waals surface area contributed by atoms with Gasteiger partial charge in [-0.05, 0) is 92.0 Å². The first-order valence-electron chi connectivity index (χ1n) is 16.4. The van der Waals surface area contributed by atoms with Crippen LogP contribution in [0.4, 0.5) is 0 Å². The third-order valence-electron chi connectivity index (χ3n) is 11.4. The molecule has 12 nitrogen and oxygen atoms in total. The van der Waals surface area contributed by atoms with E-state index in [-0.39, 0.29) is 17.7 Å². The Morgan fingerprint density at radius 3 is 2.27 bits per heavy atom. The third-order valence-corrected chi connectivity index (χ3v) is 11.4. The molecule has 12 heteroatoms. The Morgan fingerprint density at radius 2 is 1.63 bits per heavy atom. The molecule has 2 unspecified atom stereocenters. The van der Waals surface area contributed by atoms with Crippen LogP contribution in [0.25, 0.3) is 21.9 Å². The number of aromatic hydroxyl groups is 1. The van der Waals surface area contributed by atoms with Crippen molar-refractivity contribution in [3.8, 4) is 22.9 Å². The fraction of sp³-hybridized carbons (Fsp3) is 0.405. The van der Waals surface area contributed by atoms with E-state index in [1.54, 1.807) is 12.1 Å². The third kappa shape index (κ3) is 4.33. The number of ketones is 4. The molecule has 0 radical (unpaired) electrons. The van der Waals surface area contributed by atoms with Gasteiger partial charge in [-0.3, -0.25) is 33.8 Å². The van der Waals surface area contributed by atoms with Crippen molar-refractivity contribution < 1.29 is 29.1 Å². The minimum absolute atomic E-state index is 0.130. The zero-order valence-electron chi connectivity index (χ0n) is 27.4. The van der Waals surface area contributed by atoms with Gasteiger partial charge in [0.25, 0.3) is 0 Å². The Labute approximate surface area is 282 Å². The van der Waals surface area contributed by atoms with E-state index in [0.717, 1.165) is 54.4 Å². The summed E-state index contributed by atoms with van der Waals surface area (Å²) >= 11 is 0. The van der Waals surface area contributed by atoms with E-state index in [2.05, 4.69) is 17.0 Å². The number of amides is 1. The van der Waals surface area contributed by atoms with Crippen molar-refractivity contribution in [1.29, 1.82) is 5.26 Å². The van der Waals surface area contributed by atoms with Crippen molar-refractivity contribution in [2.75, 3.05) is 27.2 Å². The van der Waals surface area contributed by atoms with Crippen molar-refractivity contribution in [3.05, 3.63) is 65.2 Å². The molecule has 7 N–H and O–H groups in total. The molecule has 2 saturated carbocycles. The lowest BCUT2D eigenvalue weighted by Gasteiger charge is -2.60. The number of hydrogen-bond acceptors (Lipinski definition) is 11. The quantitative estimate of drug-likeness (QED) is 0.285. The summed E-state index contributed by atoms with van der Waals surface area (Å²) in [6.45, 7) is 2.86. The number of nitriles is 1. The summed E-state index contributed by atoms with van der Waals surface area (Å²) in [6, 6.07) is 15.4. The number of nitrogens with two attached hydrogens (primary N) is 3. The van der Waals surface area contributed by atoms with Gasteiger partial charge in [-0.2, -0.15) is 5.26 Å². The largest absolute Gasteiger partial charge is 0.507 e. The van der Waals surface area contributed by atoms with Crippen LogP contribution in [-0.2, 0) is 32.1 Å². The first-order valence-corrected chi connectivity index (χ1v) is 16.4. The fourth-order valence-corrected chi connectivity index (χ4v) is 9.38. The second-order valence-corrected chi connectivity index (χ2v) is 14.4. The molecule has 1 amide bonds. The van der Waals surface area contributed by atoms with Gasteiger partial charge in [-0.1, -0.05) is 42.5 Å². The van der Waals surface area contributed by atoms with E-state index >= 15 is 0 Å². The zero-order chi connectivity index (χ0) is 35.2. The minimum atomic E-state index is -2.79. The average Bonchev–Trinajstić information content (AvgIpc) is 3.54. The van der Waals surface area contributed by atoms with Crippen LogP contribution in [0.1, 0.15) is 40.7 Å². The van der Waals surface area contributed by atoms with Crippen LogP contribution < -0.4 is 17.2 Å². The van der Waals surface area contributed by atoms with E-state index in [9.17, 15) is 34.3 Å². The van der Waals surface area contributed by atoms with Crippen molar-refractivity contribution in [2.24, 2.45) is 34.5 Å². The number of carbonyl (C=O) groups is 5. The number of nitrogens with zero attached hydrogens (tertiary/aromatic N) is 3. The molecule has 1 aliphatic heterocycles. The Balaban J connectivity index is 1.41. The Morgan fingerprint density at radius 1 is 0.980 bits per heavy atom. The summed E-state index contributed by atoms with van der Waals surface area (Å²) in [5.74, 6) is -9.94. The monoisotopic (exact) mass is 662 g/mol. The molecule has 0 spiro atoms. The fourth-order valence-electron chi connectivity index (χ4n) is 9.38. The minimum Gasteiger partial charge on any atom is -0.507 e. The van der Waals surface area contributed by atoms with Gasteiger partial charge in [-0.25, -0.2) is 0 Å². The standard InChI is InChI=1S/C37H38N6O6/c1-42(2)31-30(46)27(34(39)49)32(47)36(18-38)33(48)28-29(45)26-24(15-35(28,40)17-37(31,36)41)23(11-12-25(26)44)22-10-9-19(16-43-13-5-6-14-43)20-7-3-4-8-21(20)22/h3-4,7-12,27-28,31,44H,5-6,13-17,40-41H2,1-2H3,(H2,39,49)/t27?,28?,31-,35-,36+,37-/m1/s1. The van der Waals surface area contributed by atoms with Gasteiger partial charge >= 0.3 is 0 Å². The van der Waals surface area contributed by atoms with Crippen LogP contribution >= 0.6 is 0 Å². The molecule has 3 aromatic rings. The van der Waals surface area contributed by atoms with Gasteiger partial charge in [0.05, 0.1) is 23.2 Å². The van der Waals surface area contributed by atoms with Crippen LogP contribution in [-0.4, -0.2) is 88.3 Å². The number of hydrogen-bond donors (Lipinski definition) is 4. The molecule has 0 aromatic heterocycles. The van der Waals surface area contributed by atoms with Crippen molar-refractivity contribution in [2.45, 2.75) is 49.3 Å². The van der Waals surface area contributed by atoms with E-state index < -0.39 is 69.8 Å². The normalized spacial score (nSPS) is 31.4.